The van der Waals surface area contributed by atoms with Crippen molar-refractivity contribution in [3.63, 3.8) is 0 Å². The molecular formula is C18H18OSe. The molecule has 1 nitrogen and oxygen atoms in total. The van der Waals surface area contributed by atoms with Crippen LogP contribution in [0.4, 0.5) is 0 Å². The molecule has 0 saturated carbocycles. The Bertz CT molecular complexity index is 579. The maximum absolute atomic E-state index is 12.4. The monoisotopic (exact) mass is 330 g/mol. The summed E-state index contributed by atoms with van der Waals surface area (Å²) in [5.74, 6) is 0.582. The molecule has 2 heteroatoms. The number of carbonyl (C=O) groups excluding carboxylic acids is 1. The van der Waals surface area contributed by atoms with Crippen LogP contribution < -0.4 is 0 Å². The third-order valence-corrected chi connectivity index (χ3v) is 7.61. The molecule has 2 aromatic rings. The summed E-state index contributed by atoms with van der Waals surface area (Å²) in [6.07, 6.45) is 0.717. The summed E-state index contributed by atoms with van der Waals surface area (Å²) in [7, 11) is 0. The van der Waals surface area contributed by atoms with Gasteiger partial charge in [-0.15, -0.1) is 0 Å². The molecule has 0 unspecified atom stereocenters. The Kier molecular flexibility index (Phi) is 4.05. The van der Waals surface area contributed by atoms with Gasteiger partial charge < -0.3 is 0 Å². The topological polar surface area (TPSA) is 17.1 Å². The molecule has 1 heterocycles. The standard InChI is InChI=1S/C18H18OSe/c1-13-16(19)12-17(14-8-4-2-5-9-14)20-18(13)15-10-6-3-7-11-15/h2-11,13,17-18H,12H2,1H3/t13-,17+,18-/m0/s1. The van der Waals surface area contributed by atoms with E-state index in [9.17, 15) is 4.79 Å². The summed E-state index contributed by atoms with van der Waals surface area (Å²) in [6, 6.07) is 21.1. The first-order valence-corrected chi connectivity index (χ1v) is 9.01. The summed E-state index contributed by atoms with van der Waals surface area (Å²) in [6.45, 7) is 2.10. The molecule has 0 bridgehead atoms. The van der Waals surface area contributed by atoms with Crippen LogP contribution in [0.15, 0.2) is 60.7 Å². The van der Waals surface area contributed by atoms with Crippen LogP contribution in [0.25, 0.3) is 0 Å². The van der Waals surface area contributed by atoms with Crippen molar-refractivity contribution in [1.82, 2.24) is 0 Å². The molecule has 0 amide bonds. The zero-order valence-corrected chi connectivity index (χ0v) is 13.2. The Morgan fingerprint density at radius 2 is 1.45 bits per heavy atom. The minimum atomic E-state index is 0.164. The van der Waals surface area contributed by atoms with E-state index in [1.165, 1.54) is 11.1 Å². The second kappa shape index (κ2) is 5.95. The fourth-order valence-corrected chi connectivity index (χ4v) is 6.18. The van der Waals surface area contributed by atoms with Crippen LogP contribution in [0.5, 0.6) is 0 Å². The predicted molar refractivity (Wildman–Crippen MR) is 82.9 cm³/mol. The Morgan fingerprint density at radius 3 is 2.05 bits per heavy atom. The van der Waals surface area contributed by atoms with Gasteiger partial charge in [0.05, 0.1) is 0 Å². The predicted octanol–water partition coefficient (Wildman–Crippen LogP) is 3.78. The summed E-state index contributed by atoms with van der Waals surface area (Å²) < 4.78 is 0. The van der Waals surface area contributed by atoms with E-state index in [4.69, 9.17) is 0 Å². The molecule has 2 aromatic carbocycles. The molecule has 0 aromatic heterocycles. The van der Waals surface area contributed by atoms with Crippen LogP contribution in [0, 0.1) is 5.92 Å². The van der Waals surface area contributed by atoms with E-state index in [0.29, 0.717) is 36.8 Å². The number of carbonyl (C=O) groups is 1. The number of hydrogen-bond acceptors (Lipinski definition) is 1. The van der Waals surface area contributed by atoms with E-state index in [2.05, 4.69) is 55.5 Å². The van der Waals surface area contributed by atoms with Crippen molar-refractivity contribution >= 4 is 20.7 Å². The van der Waals surface area contributed by atoms with Crippen LogP contribution in [-0.2, 0) is 4.79 Å². The molecule has 3 rings (SSSR count). The number of hydrogen-bond donors (Lipinski definition) is 0. The summed E-state index contributed by atoms with van der Waals surface area (Å²) >= 11 is 0.427. The average molecular weight is 329 g/mol. The van der Waals surface area contributed by atoms with Gasteiger partial charge in [-0.05, 0) is 0 Å². The van der Waals surface area contributed by atoms with Crippen LogP contribution in [0.2, 0.25) is 0 Å². The molecule has 20 heavy (non-hydrogen) atoms. The fourth-order valence-electron chi connectivity index (χ4n) is 2.75. The normalized spacial score (nSPS) is 26.4. The Labute approximate surface area is 126 Å². The third-order valence-electron chi connectivity index (χ3n) is 3.96. The minimum absolute atomic E-state index is 0.164. The molecular weight excluding hydrogens is 311 g/mol. The van der Waals surface area contributed by atoms with Gasteiger partial charge in [0.25, 0.3) is 0 Å². The zero-order valence-electron chi connectivity index (χ0n) is 11.5. The molecule has 0 spiro atoms. The van der Waals surface area contributed by atoms with Gasteiger partial charge in [-0.2, -0.15) is 0 Å². The van der Waals surface area contributed by atoms with Crippen LogP contribution in [0.1, 0.15) is 34.1 Å². The first-order valence-electron chi connectivity index (χ1n) is 7.04. The zero-order chi connectivity index (χ0) is 13.9. The van der Waals surface area contributed by atoms with E-state index >= 15 is 0 Å². The van der Waals surface area contributed by atoms with Crippen LogP contribution >= 0.6 is 0 Å². The Balaban J connectivity index is 1.89. The molecule has 1 aliphatic rings. The first kappa shape index (κ1) is 13.6. The summed E-state index contributed by atoms with van der Waals surface area (Å²) in [4.78, 5) is 13.2. The third kappa shape index (κ3) is 2.72. The van der Waals surface area contributed by atoms with E-state index < -0.39 is 0 Å². The number of Topliss-reactive ketones (excluding diaryl/α,β-unsaturated/α-hetero) is 1. The van der Waals surface area contributed by atoms with E-state index in [-0.39, 0.29) is 5.92 Å². The van der Waals surface area contributed by atoms with Gasteiger partial charge in [-0.3, -0.25) is 0 Å². The molecule has 0 radical (unpaired) electrons. The molecule has 0 N–H and O–H groups in total. The molecule has 1 aliphatic heterocycles. The van der Waals surface area contributed by atoms with Crippen LogP contribution in [0.3, 0.4) is 0 Å². The number of ketones is 1. The molecule has 3 atom stereocenters. The Morgan fingerprint density at radius 1 is 0.900 bits per heavy atom. The number of benzene rings is 2. The van der Waals surface area contributed by atoms with E-state index in [1.807, 2.05) is 12.1 Å². The maximum atomic E-state index is 12.4. The molecule has 1 fully saturated rings. The SMILES string of the molecule is C[C@H]1C(=O)C[C@H](c2ccccc2)[Se][C@@H]1c1ccccc1. The van der Waals surface area contributed by atoms with Gasteiger partial charge in [-0.1, -0.05) is 0 Å². The summed E-state index contributed by atoms with van der Waals surface area (Å²) in [5, 5.41) is 0. The van der Waals surface area contributed by atoms with Gasteiger partial charge in [0.2, 0.25) is 0 Å². The van der Waals surface area contributed by atoms with Gasteiger partial charge in [0.15, 0.2) is 0 Å². The average Bonchev–Trinajstić information content (AvgIpc) is 2.51. The first-order chi connectivity index (χ1) is 9.75. The fraction of sp³-hybridized carbons (Fsp3) is 0.278. The molecule has 1 saturated heterocycles. The second-order valence-electron chi connectivity index (χ2n) is 5.33. The quantitative estimate of drug-likeness (QED) is 0.767. The second-order valence-corrected chi connectivity index (χ2v) is 8.16. The van der Waals surface area contributed by atoms with Crippen molar-refractivity contribution in [2.24, 2.45) is 5.92 Å². The van der Waals surface area contributed by atoms with E-state index in [0.717, 1.165) is 0 Å². The van der Waals surface area contributed by atoms with Crippen molar-refractivity contribution in [1.29, 1.82) is 0 Å². The van der Waals surface area contributed by atoms with Gasteiger partial charge in [0.1, 0.15) is 0 Å². The number of rotatable bonds is 2. The van der Waals surface area contributed by atoms with Crippen molar-refractivity contribution in [2.45, 2.75) is 23.0 Å². The van der Waals surface area contributed by atoms with Gasteiger partial charge in [-0.25, -0.2) is 0 Å². The van der Waals surface area contributed by atoms with Gasteiger partial charge in [0, 0.05) is 0 Å². The molecule has 102 valence electrons. The van der Waals surface area contributed by atoms with Gasteiger partial charge >= 0.3 is 126 Å². The summed E-state index contributed by atoms with van der Waals surface area (Å²) in [5.41, 5.74) is 2.66. The van der Waals surface area contributed by atoms with Crippen molar-refractivity contribution in [3.8, 4) is 0 Å². The van der Waals surface area contributed by atoms with Crippen molar-refractivity contribution < 1.29 is 4.79 Å². The Hall–Kier alpha value is -1.37. The van der Waals surface area contributed by atoms with E-state index in [1.54, 1.807) is 0 Å². The van der Waals surface area contributed by atoms with Crippen LogP contribution in [-0.4, -0.2) is 20.7 Å². The molecule has 0 aliphatic carbocycles. The van der Waals surface area contributed by atoms with Crippen molar-refractivity contribution in [3.05, 3.63) is 71.8 Å². The van der Waals surface area contributed by atoms with Crippen molar-refractivity contribution in [2.75, 3.05) is 0 Å².